The Bertz CT molecular complexity index is 952. The second kappa shape index (κ2) is 7.98. The second-order valence-corrected chi connectivity index (χ2v) is 8.41. The molecule has 162 valence electrons. The van der Waals surface area contributed by atoms with Gasteiger partial charge in [-0.2, -0.15) is 0 Å². The molecule has 2 aromatic rings. The van der Waals surface area contributed by atoms with E-state index in [9.17, 15) is 9.59 Å². The quantitative estimate of drug-likeness (QED) is 0.775. The molecule has 2 aliphatic carbocycles. The smallest absolute Gasteiger partial charge is 0.409 e. The number of ether oxygens (including phenoxy) is 3. The van der Waals surface area contributed by atoms with Gasteiger partial charge in [0.25, 0.3) is 0 Å². The van der Waals surface area contributed by atoms with Crippen LogP contribution in [0.25, 0.3) is 11.1 Å². The Balaban J connectivity index is 1.17. The lowest BCUT2D eigenvalue weighted by atomic mass is 9.85. The molecule has 0 radical (unpaired) electrons. The minimum absolute atomic E-state index is 0.00321. The lowest BCUT2D eigenvalue weighted by molar-refractivity contribution is -0.196. The van der Waals surface area contributed by atoms with E-state index in [1.165, 1.54) is 11.1 Å². The average Bonchev–Trinajstić information content (AvgIpc) is 3.31. The summed E-state index contributed by atoms with van der Waals surface area (Å²) in [5.41, 5.74) is 4.68. The van der Waals surface area contributed by atoms with Crippen LogP contribution in [0.1, 0.15) is 42.7 Å². The molecule has 1 atom stereocenters. The van der Waals surface area contributed by atoms with Gasteiger partial charge in [-0.1, -0.05) is 48.5 Å². The van der Waals surface area contributed by atoms with Gasteiger partial charge in [-0.05, 0) is 35.1 Å². The van der Waals surface area contributed by atoms with Gasteiger partial charge in [0, 0.05) is 18.8 Å². The molecule has 0 aromatic heterocycles. The Morgan fingerprint density at radius 2 is 1.65 bits per heavy atom. The number of nitrogens with one attached hydrogen (secondary N) is 1. The first-order valence-corrected chi connectivity index (χ1v) is 10.7. The SMILES string of the molecule is O=C(NC1COC2(CCC(C(=O)O)CC2)O1)OCC1c2ccccc2-c2ccccc21. The first-order valence-electron chi connectivity index (χ1n) is 10.7. The van der Waals surface area contributed by atoms with Crippen molar-refractivity contribution in [3.63, 3.8) is 0 Å². The fourth-order valence-electron chi connectivity index (χ4n) is 4.96. The number of aliphatic carboxylic acids is 1. The number of rotatable bonds is 4. The molecule has 2 fully saturated rings. The lowest BCUT2D eigenvalue weighted by Crippen LogP contribution is -2.41. The average molecular weight is 423 g/mol. The van der Waals surface area contributed by atoms with Gasteiger partial charge in [-0.15, -0.1) is 0 Å². The summed E-state index contributed by atoms with van der Waals surface area (Å²) in [6, 6.07) is 16.4. The second-order valence-electron chi connectivity index (χ2n) is 8.41. The number of alkyl carbamates (subject to hydrolysis) is 1. The van der Waals surface area contributed by atoms with Crippen LogP contribution < -0.4 is 5.32 Å². The maximum Gasteiger partial charge on any atom is 0.409 e. The summed E-state index contributed by atoms with van der Waals surface area (Å²) >= 11 is 0. The molecule has 1 saturated carbocycles. The molecule has 2 aromatic carbocycles. The van der Waals surface area contributed by atoms with Crippen LogP contribution in [0.3, 0.4) is 0 Å². The van der Waals surface area contributed by atoms with E-state index in [0.29, 0.717) is 25.7 Å². The van der Waals surface area contributed by atoms with Crippen molar-refractivity contribution in [3.05, 3.63) is 59.7 Å². The molecule has 1 amide bonds. The van der Waals surface area contributed by atoms with Crippen LogP contribution in [0.5, 0.6) is 0 Å². The molecular formula is C24H25NO6. The summed E-state index contributed by atoms with van der Waals surface area (Å²) in [6.07, 6.45) is 0.878. The highest BCUT2D eigenvalue weighted by Gasteiger charge is 2.46. The van der Waals surface area contributed by atoms with Crippen LogP contribution in [0.2, 0.25) is 0 Å². The number of fused-ring (bicyclic) bond motifs is 3. The summed E-state index contributed by atoms with van der Waals surface area (Å²) in [5.74, 6) is -1.93. The maximum atomic E-state index is 12.4. The van der Waals surface area contributed by atoms with E-state index in [1.807, 2.05) is 24.3 Å². The van der Waals surface area contributed by atoms with E-state index in [-0.39, 0.29) is 25.0 Å². The number of benzene rings is 2. The summed E-state index contributed by atoms with van der Waals surface area (Å²) in [7, 11) is 0. The van der Waals surface area contributed by atoms with E-state index >= 15 is 0 Å². The van der Waals surface area contributed by atoms with Gasteiger partial charge in [0.2, 0.25) is 0 Å². The van der Waals surface area contributed by atoms with Gasteiger partial charge in [0.05, 0.1) is 12.5 Å². The number of carbonyl (C=O) groups is 2. The van der Waals surface area contributed by atoms with E-state index in [1.54, 1.807) is 0 Å². The normalized spacial score (nSPS) is 27.0. The summed E-state index contributed by atoms with van der Waals surface area (Å²) < 4.78 is 17.3. The zero-order chi connectivity index (χ0) is 21.4. The van der Waals surface area contributed by atoms with Gasteiger partial charge < -0.3 is 19.3 Å². The molecule has 5 rings (SSSR count). The third kappa shape index (κ3) is 3.79. The molecule has 1 aliphatic heterocycles. The van der Waals surface area contributed by atoms with Crippen molar-refractivity contribution in [1.29, 1.82) is 0 Å². The van der Waals surface area contributed by atoms with Crippen molar-refractivity contribution in [2.45, 2.75) is 43.6 Å². The Morgan fingerprint density at radius 1 is 1.03 bits per heavy atom. The lowest BCUT2D eigenvalue weighted by Gasteiger charge is -2.34. The third-order valence-electron chi connectivity index (χ3n) is 6.57. The number of carboxylic acids is 1. The fourth-order valence-corrected chi connectivity index (χ4v) is 4.96. The number of carboxylic acid groups (broad SMARTS) is 1. The molecule has 2 N–H and O–H groups in total. The van der Waals surface area contributed by atoms with Crippen molar-refractivity contribution < 1.29 is 28.9 Å². The molecule has 3 aliphatic rings. The first kappa shape index (κ1) is 20.0. The standard InChI is InChI=1S/C24H25NO6/c26-22(27)15-9-11-24(12-10-15)30-14-21(31-24)25-23(28)29-13-20-18-7-3-1-5-16(18)17-6-2-4-8-19(17)20/h1-8,15,20-21H,9-14H2,(H,25,28)(H,26,27). The number of hydrogen-bond donors (Lipinski definition) is 2. The zero-order valence-electron chi connectivity index (χ0n) is 17.1. The van der Waals surface area contributed by atoms with Gasteiger partial charge in [0.1, 0.15) is 6.61 Å². The highest BCUT2D eigenvalue weighted by atomic mass is 16.8. The van der Waals surface area contributed by atoms with Gasteiger partial charge >= 0.3 is 12.1 Å². The zero-order valence-corrected chi connectivity index (χ0v) is 17.1. The molecular weight excluding hydrogens is 398 g/mol. The predicted molar refractivity (Wildman–Crippen MR) is 111 cm³/mol. The van der Waals surface area contributed by atoms with Crippen LogP contribution in [0.4, 0.5) is 4.79 Å². The third-order valence-corrected chi connectivity index (χ3v) is 6.57. The van der Waals surface area contributed by atoms with Gasteiger partial charge in [-0.25, -0.2) is 4.79 Å². The molecule has 1 spiro atoms. The maximum absolute atomic E-state index is 12.4. The summed E-state index contributed by atoms with van der Waals surface area (Å²) in [4.78, 5) is 23.6. The molecule has 7 heteroatoms. The fraction of sp³-hybridized carbons (Fsp3) is 0.417. The van der Waals surface area contributed by atoms with Crippen LogP contribution in [0.15, 0.2) is 48.5 Å². The monoisotopic (exact) mass is 423 g/mol. The van der Waals surface area contributed by atoms with E-state index in [4.69, 9.17) is 19.3 Å². The summed E-state index contributed by atoms with van der Waals surface area (Å²) in [5, 5.41) is 11.9. The van der Waals surface area contributed by atoms with Crippen molar-refractivity contribution in [1.82, 2.24) is 5.32 Å². The van der Waals surface area contributed by atoms with Gasteiger partial charge in [0.15, 0.2) is 12.0 Å². The molecule has 7 nitrogen and oxygen atoms in total. The van der Waals surface area contributed by atoms with Crippen LogP contribution in [-0.4, -0.2) is 42.4 Å². The largest absolute Gasteiger partial charge is 0.481 e. The topological polar surface area (TPSA) is 94.1 Å². The highest BCUT2D eigenvalue weighted by Crippen LogP contribution is 2.44. The van der Waals surface area contributed by atoms with Crippen LogP contribution >= 0.6 is 0 Å². The van der Waals surface area contributed by atoms with E-state index in [0.717, 1.165) is 11.1 Å². The number of amides is 1. The molecule has 0 bridgehead atoms. The minimum atomic E-state index is -0.798. The van der Waals surface area contributed by atoms with Crippen molar-refractivity contribution in [3.8, 4) is 11.1 Å². The Labute approximate surface area is 180 Å². The van der Waals surface area contributed by atoms with Crippen molar-refractivity contribution >= 4 is 12.1 Å². The van der Waals surface area contributed by atoms with E-state index in [2.05, 4.69) is 29.6 Å². The van der Waals surface area contributed by atoms with Crippen LogP contribution in [-0.2, 0) is 19.0 Å². The predicted octanol–water partition coefficient (Wildman–Crippen LogP) is 3.87. The highest BCUT2D eigenvalue weighted by molar-refractivity contribution is 5.79. The Morgan fingerprint density at radius 3 is 2.26 bits per heavy atom. The summed E-state index contributed by atoms with van der Waals surface area (Å²) in [6.45, 7) is 0.459. The molecule has 31 heavy (non-hydrogen) atoms. The minimum Gasteiger partial charge on any atom is -0.481 e. The Kier molecular flexibility index (Phi) is 5.16. The van der Waals surface area contributed by atoms with Crippen molar-refractivity contribution in [2.24, 2.45) is 5.92 Å². The van der Waals surface area contributed by atoms with Crippen LogP contribution in [0, 0.1) is 5.92 Å². The number of carbonyl (C=O) groups excluding carboxylic acids is 1. The van der Waals surface area contributed by atoms with Gasteiger partial charge in [-0.3, -0.25) is 10.1 Å². The first-order chi connectivity index (χ1) is 15.0. The van der Waals surface area contributed by atoms with E-state index < -0.39 is 24.1 Å². The number of hydrogen-bond acceptors (Lipinski definition) is 5. The Hall–Kier alpha value is -2.90. The molecule has 1 heterocycles. The van der Waals surface area contributed by atoms with Crippen molar-refractivity contribution in [2.75, 3.05) is 13.2 Å². The molecule has 1 unspecified atom stereocenters. The molecule has 1 saturated heterocycles.